The minimum absolute atomic E-state index is 0.215. The highest BCUT2D eigenvalue weighted by Gasteiger charge is 2.46. The lowest BCUT2D eigenvalue weighted by Gasteiger charge is -2.49. The highest BCUT2D eigenvalue weighted by molar-refractivity contribution is 6.40. The van der Waals surface area contributed by atoms with Crippen molar-refractivity contribution >= 4 is 11.6 Å². The number of nitrogens with zero attached hydrogens (tertiary/aromatic N) is 3. The fraction of sp³-hybridized carbons (Fsp3) is 0.760. The number of hydroxylamine groups is 1. The zero-order valence-electron chi connectivity index (χ0n) is 19.0. The number of piperidine rings is 1. The van der Waals surface area contributed by atoms with E-state index in [0.29, 0.717) is 30.4 Å². The van der Waals surface area contributed by atoms with Crippen molar-refractivity contribution in [2.24, 2.45) is 4.99 Å². The largest absolute Gasteiger partial charge is 0.364 e. The van der Waals surface area contributed by atoms with E-state index in [4.69, 9.17) is 9.83 Å². The minimum atomic E-state index is -0.215. The number of carbonyl (C=O) groups excluding carboxylic acids is 1. The predicted molar refractivity (Wildman–Crippen MR) is 122 cm³/mol. The van der Waals surface area contributed by atoms with Crippen LogP contribution in [0.5, 0.6) is 0 Å². The van der Waals surface area contributed by atoms with Gasteiger partial charge in [-0.3, -0.25) is 14.5 Å². The highest BCUT2D eigenvalue weighted by atomic mass is 16.6. The van der Waals surface area contributed by atoms with Gasteiger partial charge in [0.2, 0.25) is 0 Å². The summed E-state index contributed by atoms with van der Waals surface area (Å²) in [7, 11) is 1.48. The summed E-state index contributed by atoms with van der Waals surface area (Å²) >= 11 is 0. The molecule has 3 fully saturated rings. The van der Waals surface area contributed by atoms with Gasteiger partial charge in [0.25, 0.3) is 5.91 Å². The van der Waals surface area contributed by atoms with Gasteiger partial charge < -0.3 is 4.90 Å². The number of fused-ring (bicyclic) bond motifs is 2. The molecule has 6 nitrogen and oxygen atoms in total. The molecule has 0 aromatic carbocycles. The Hall–Kier alpha value is -1.66. The maximum Gasteiger partial charge on any atom is 0.291 e. The van der Waals surface area contributed by atoms with Gasteiger partial charge >= 0.3 is 0 Å². The Bertz CT molecular complexity index is 751. The third kappa shape index (κ3) is 4.34. The number of aliphatic imine (C=N–C) groups is 1. The first-order chi connectivity index (χ1) is 15.2. The SMILES string of the molecule is CONC(=O)C1=NC2=C(CCC=C2)N(C2C[C@H]3CC[C@@H](C2)N3C2CCCCCCC2)C1. The zero-order valence-corrected chi connectivity index (χ0v) is 19.0. The Morgan fingerprint density at radius 1 is 1.00 bits per heavy atom. The highest BCUT2D eigenvalue weighted by Crippen LogP contribution is 2.43. The van der Waals surface area contributed by atoms with Gasteiger partial charge in [0.1, 0.15) is 5.71 Å². The third-order valence-electron chi connectivity index (χ3n) is 8.20. The minimum Gasteiger partial charge on any atom is -0.364 e. The number of carbonyl (C=O) groups is 1. The first-order valence-electron chi connectivity index (χ1n) is 12.6. The molecule has 2 bridgehead atoms. The zero-order chi connectivity index (χ0) is 21.2. The summed E-state index contributed by atoms with van der Waals surface area (Å²) in [6.45, 7) is 0.607. The van der Waals surface area contributed by atoms with E-state index in [1.165, 1.54) is 83.4 Å². The molecule has 1 unspecified atom stereocenters. The Morgan fingerprint density at radius 2 is 1.71 bits per heavy atom. The molecule has 5 aliphatic rings. The van der Waals surface area contributed by atoms with Crippen LogP contribution < -0.4 is 5.48 Å². The Kier molecular flexibility index (Phi) is 6.46. The molecule has 2 aliphatic carbocycles. The summed E-state index contributed by atoms with van der Waals surface area (Å²) in [5.74, 6) is -0.215. The molecular weight excluding hydrogens is 388 g/mol. The molecule has 3 atom stereocenters. The Morgan fingerprint density at radius 3 is 2.42 bits per heavy atom. The molecule has 6 heteroatoms. The van der Waals surface area contributed by atoms with Crippen LogP contribution in [0, 0.1) is 0 Å². The van der Waals surface area contributed by atoms with Crippen LogP contribution in [0.2, 0.25) is 0 Å². The summed E-state index contributed by atoms with van der Waals surface area (Å²) in [4.78, 5) is 27.6. The van der Waals surface area contributed by atoms with Crippen LogP contribution in [-0.2, 0) is 9.63 Å². The second kappa shape index (κ2) is 9.45. The standard InChI is InChI=1S/C25H38N4O2/c1-31-27-25(30)23-17-28(24-12-8-7-11-22(24)26-23)21-15-19-13-14-20(16-21)29(19)18-9-5-3-2-4-6-10-18/h7,11,18-21H,2-6,8-10,12-17H2,1H3,(H,27,30)/t19-,20+,21?. The van der Waals surface area contributed by atoms with E-state index < -0.39 is 0 Å². The van der Waals surface area contributed by atoms with Crippen LogP contribution in [0.15, 0.2) is 28.5 Å². The van der Waals surface area contributed by atoms with Crippen LogP contribution in [0.1, 0.15) is 83.5 Å². The molecule has 5 rings (SSSR count). The second-order valence-corrected chi connectivity index (χ2v) is 10.1. The molecular formula is C25H38N4O2. The molecule has 3 heterocycles. The summed E-state index contributed by atoms with van der Waals surface area (Å²) < 4.78 is 0. The summed E-state index contributed by atoms with van der Waals surface area (Å²) in [6.07, 6.45) is 21.4. The molecule has 170 valence electrons. The molecule has 31 heavy (non-hydrogen) atoms. The number of hydrogen-bond donors (Lipinski definition) is 1. The Labute approximate surface area is 186 Å². The molecule has 0 radical (unpaired) electrons. The van der Waals surface area contributed by atoms with Crippen molar-refractivity contribution in [3.8, 4) is 0 Å². The van der Waals surface area contributed by atoms with Crippen LogP contribution >= 0.6 is 0 Å². The average Bonchev–Trinajstić information content (AvgIpc) is 3.02. The average molecular weight is 427 g/mol. The van der Waals surface area contributed by atoms with Gasteiger partial charge in [0.15, 0.2) is 0 Å². The lowest BCUT2D eigenvalue weighted by Crippen LogP contribution is -2.55. The van der Waals surface area contributed by atoms with E-state index in [-0.39, 0.29) is 5.91 Å². The van der Waals surface area contributed by atoms with Crippen molar-refractivity contribution in [2.45, 2.75) is 108 Å². The number of rotatable bonds is 4. The van der Waals surface area contributed by atoms with Crippen LogP contribution in [0.25, 0.3) is 0 Å². The smallest absolute Gasteiger partial charge is 0.291 e. The fourth-order valence-electron chi connectivity index (χ4n) is 6.86. The molecule has 2 saturated heterocycles. The van der Waals surface area contributed by atoms with Crippen molar-refractivity contribution in [2.75, 3.05) is 13.7 Å². The maximum atomic E-state index is 12.5. The van der Waals surface area contributed by atoms with Gasteiger partial charge in [-0.05, 0) is 57.4 Å². The topological polar surface area (TPSA) is 57.2 Å². The maximum absolute atomic E-state index is 12.5. The molecule has 3 aliphatic heterocycles. The van der Waals surface area contributed by atoms with E-state index in [1.54, 1.807) is 0 Å². The third-order valence-corrected chi connectivity index (χ3v) is 8.20. The molecule has 0 spiro atoms. The van der Waals surface area contributed by atoms with E-state index >= 15 is 0 Å². The van der Waals surface area contributed by atoms with Crippen LogP contribution in [0.4, 0.5) is 0 Å². The van der Waals surface area contributed by atoms with Crippen LogP contribution in [-0.4, -0.2) is 59.2 Å². The molecule has 0 aromatic heterocycles. The van der Waals surface area contributed by atoms with E-state index in [1.807, 2.05) is 0 Å². The number of nitrogens with one attached hydrogen (secondary N) is 1. The van der Waals surface area contributed by atoms with E-state index in [2.05, 4.69) is 27.4 Å². The van der Waals surface area contributed by atoms with Crippen molar-refractivity contribution in [1.29, 1.82) is 0 Å². The van der Waals surface area contributed by atoms with Gasteiger partial charge in [-0.2, -0.15) is 0 Å². The van der Waals surface area contributed by atoms with Gasteiger partial charge in [0.05, 0.1) is 19.4 Å². The lowest BCUT2D eigenvalue weighted by molar-refractivity contribution is -0.124. The summed E-state index contributed by atoms with van der Waals surface area (Å²) in [5.41, 5.74) is 5.37. The normalized spacial score (nSPS) is 32.4. The van der Waals surface area contributed by atoms with Crippen molar-refractivity contribution in [3.05, 3.63) is 23.5 Å². The van der Waals surface area contributed by atoms with Gasteiger partial charge in [-0.1, -0.05) is 38.2 Å². The van der Waals surface area contributed by atoms with Crippen molar-refractivity contribution in [1.82, 2.24) is 15.3 Å². The van der Waals surface area contributed by atoms with Gasteiger partial charge in [-0.15, -0.1) is 0 Å². The molecule has 1 saturated carbocycles. The van der Waals surface area contributed by atoms with Crippen molar-refractivity contribution < 1.29 is 9.63 Å². The van der Waals surface area contributed by atoms with Crippen molar-refractivity contribution in [3.63, 3.8) is 0 Å². The van der Waals surface area contributed by atoms with Crippen LogP contribution in [0.3, 0.4) is 0 Å². The number of allylic oxidation sites excluding steroid dienone is 3. The molecule has 1 amide bonds. The van der Waals surface area contributed by atoms with E-state index in [0.717, 1.165) is 24.6 Å². The summed E-state index contributed by atoms with van der Waals surface area (Å²) in [5, 5.41) is 0. The Balaban J connectivity index is 1.33. The van der Waals surface area contributed by atoms with Gasteiger partial charge in [0, 0.05) is 29.9 Å². The van der Waals surface area contributed by atoms with Gasteiger partial charge in [-0.25, -0.2) is 10.5 Å². The monoisotopic (exact) mass is 426 g/mol. The summed E-state index contributed by atoms with van der Waals surface area (Å²) in [6, 6.07) is 2.75. The van der Waals surface area contributed by atoms with E-state index in [9.17, 15) is 4.79 Å². The first-order valence-corrected chi connectivity index (χ1v) is 12.6. The number of amides is 1. The first kappa shape index (κ1) is 21.2. The quantitative estimate of drug-likeness (QED) is 0.688. The fourth-order valence-corrected chi connectivity index (χ4v) is 6.86. The lowest BCUT2D eigenvalue weighted by atomic mass is 9.88. The predicted octanol–water partition coefficient (Wildman–Crippen LogP) is 4.09. The molecule has 1 N–H and O–H groups in total. The number of hydrogen-bond acceptors (Lipinski definition) is 5. The second-order valence-electron chi connectivity index (χ2n) is 10.1. The molecule has 0 aromatic rings.